The van der Waals surface area contributed by atoms with Crippen molar-refractivity contribution in [2.75, 3.05) is 6.26 Å². The van der Waals surface area contributed by atoms with Gasteiger partial charge in [-0.15, -0.1) is 0 Å². The summed E-state index contributed by atoms with van der Waals surface area (Å²) in [5, 5.41) is 0.846. The summed E-state index contributed by atoms with van der Waals surface area (Å²) in [5.41, 5.74) is 3.17. The van der Waals surface area contributed by atoms with E-state index in [0.29, 0.717) is 0 Å². The summed E-state index contributed by atoms with van der Waals surface area (Å²) in [6, 6.07) is 8.14. The number of aryl methyl sites for hydroxylation is 1. The van der Waals surface area contributed by atoms with Gasteiger partial charge in [0.25, 0.3) is 0 Å². The van der Waals surface area contributed by atoms with Crippen molar-refractivity contribution < 1.29 is 0 Å². The Morgan fingerprint density at radius 3 is 2.00 bits per heavy atom. The topological polar surface area (TPSA) is 25.8 Å². The summed E-state index contributed by atoms with van der Waals surface area (Å²) in [6.07, 6.45) is 1.99. The van der Waals surface area contributed by atoms with Crippen LogP contribution in [0.5, 0.6) is 0 Å². The van der Waals surface area contributed by atoms with Crippen LogP contribution in [0.3, 0.4) is 0 Å². The highest BCUT2D eigenvalue weighted by Gasteiger charge is 2.06. The zero-order valence-electron chi connectivity index (χ0n) is 7.61. The lowest BCUT2D eigenvalue weighted by atomic mass is 10.3. The Bertz CT molecular complexity index is 367. The van der Waals surface area contributed by atoms with Crippen molar-refractivity contribution >= 4 is 11.8 Å². The van der Waals surface area contributed by atoms with E-state index in [1.807, 2.05) is 18.4 Å². The van der Waals surface area contributed by atoms with Crippen molar-refractivity contribution in [1.29, 1.82) is 0 Å². The van der Waals surface area contributed by atoms with Gasteiger partial charge < -0.3 is 0 Å². The molecule has 2 nitrogen and oxygen atoms in total. The Morgan fingerprint density at radius 1 is 1.00 bits per heavy atom. The third kappa shape index (κ3) is 1.65. The number of imidazole rings is 1. The van der Waals surface area contributed by atoms with Crippen LogP contribution in [-0.2, 0) is 0 Å². The van der Waals surface area contributed by atoms with E-state index in [1.165, 1.54) is 5.56 Å². The Labute approximate surface area is 81.8 Å². The van der Waals surface area contributed by atoms with Crippen molar-refractivity contribution in [2.45, 2.75) is 12.1 Å². The number of fused-ring (bicyclic) bond motifs is 1. The van der Waals surface area contributed by atoms with Crippen LogP contribution in [-0.4, -0.2) is 16.2 Å². The first-order valence-electron chi connectivity index (χ1n) is 4.08. The molecular formula is C10H10N2S. The van der Waals surface area contributed by atoms with Gasteiger partial charge in [-0.2, -0.15) is 0 Å². The Kier molecular flexibility index (Phi) is 2.19. The van der Waals surface area contributed by atoms with E-state index in [-0.39, 0.29) is 0 Å². The highest BCUT2D eigenvalue weighted by atomic mass is 32.2. The molecule has 3 heteroatoms. The molecule has 0 saturated carbocycles. The highest BCUT2D eigenvalue weighted by molar-refractivity contribution is 7.98. The lowest BCUT2D eigenvalue weighted by Crippen LogP contribution is -1.68. The summed E-state index contributed by atoms with van der Waals surface area (Å²) in [7, 11) is 0. The van der Waals surface area contributed by atoms with E-state index in [0.717, 1.165) is 16.5 Å². The molecule has 0 unspecified atom stereocenters. The van der Waals surface area contributed by atoms with Gasteiger partial charge in [0.05, 0.1) is 11.4 Å². The molecule has 0 aromatic carbocycles. The molecule has 1 aliphatic heterocycles. The molecule has 0 spiro atoms. The molecule has 0 fully saturated rings. The van der Waals surface area contributed by atoms with E-state index < -0.39 is 0 Å². The molecule has 0 atom stereocenters. The van der Waals surface area contributed by atoms with Gasteiger partial charge in [0.15, 0.2) is 5.16 Å². The quantitative estimate of drug-likeness (QED) is 0.646. The molecule has 0 saturated heterocycles. The molecule has 1 aliphatic carbocycles. The zero-order valence-corrected chi connectivity index (χ0v) is 8.43. The minimum Gasteiger partial charge on any atom is -0.221 e. The second-order valence-corrected chi connectivity index (χ2v) is 3.66. The van der Waals surface area contributed by atoms with Crippen molar-refractivity contribution in [3.63, 3.8) is 0 Å². The van der Waals surface area contributed by atoms with Gasteiger partial charge in [-0.05, 0) is 25.3 Å². The minimum absolute atomic E-state index is 0.846. The smallest absolute Gasteiger partial charge is 0.188 e. The molecule has 0 radical (unpaired) electrons. The maximum absolute atomic E-state index is 4.36. The molecule has 13 heavy (non-hydrogen) atoms. The van der Waals surface area contributed by atoms with Crippen molar-refractivity contribution in [2.24, 2.45) is 0 Å². The minimum atomic E-state index is 0.846. The highest BCUT2D eigenvalue weighted by Crippen LogP contribution is 2.21. The standard InChI is InChI=1S/C10H10N2S/c1-7-3-5-8-9(6-4-7)12-10(11-8)13-2/h3-6H,1-2H3. The molecule has 2 aliphatic rings. The fraction of sp³-hybridized carbons (Fsp3) is 0.200. The molecule has 1 heterocycles. The zero-order chi connectivity index (χ0) is 9.26. The fourth-order valence-electron chi connectivity index (χ4n) is 1.16. The number of hydrogen-bond acceptors (Lipinski definition) is 3. The van der Waals surface area contributed by atoms with Crippen LogP contribution in [0, 0.1) is 6.92 Å². The number of nitrogens with zero attached hydrogens (tertiary/aromatic N) is 2. The molecule has 0 amide bonds. The van der Waals surface area contributed by atoms with Crippen LogP contribution in [0.25, 0.3) is 11.4 Å². The van der Waals surface area contributed by atoms with Gasteiger partial charge in [0, 0.05) is 0 Å². The number of hydrogen-bond donors (Lipinski definition) is 0. The summed E-state index contributed by atoms with van der Waals surface area (Å²) in [6.45, 7) is 2.06. The van der Waals surface area contributed by atoms with Gasteiger partial charge in [-0.1, -0.05) is 29.5 Å². The van der Waals surface area contributed by atoms with Crippen molar-refractivity contribution in [3.8, 4) is 11.4 Å². The summed E-state index contributed by atoms with van der Waals surface area (Å²) in [5.74, 6) is 0. The normalized spacial score (nSPS) is 10.6. The SMILES string of the molecule is CSc1nc2ccc(C)ccc-2n1. The lowest BCUT2D eigenvalue weighted by molar-refractivity contribution is 1.08. The monoisotopic (exact) mass is 190 g/mol. The number of rotatable bonds is 1. The van der Waals surface area contributed by atoms with Crippen LogP contribution in [0.4, 0.5) is 0 Å². The lowest BCUT2D eigenvalue weighted by Gasteiger charge is -1.81. The predicted octanol–water partition coefficient (Wildman–Crippen LogP) is 2.61. The van der Waals surface area contributed by atoms with Crippen LogP contribution in [0.1, 0.15) is 5.56 Å². The third-order valence-electron chi connectivity index (χ3n) is 1.89. The molecule has 0 aromatic rings. The maximum atomic E-state index is 4.36. The van der Waals surface area contributed by atoms with Gasteiger partial charge >= 0.3 is 0 Å². The Morgan fingerprint density at radius 2 is 1.54 bits per heavy atom. The average molecular weight is 190 g/mol. The molecule has 0 aromatic heterocycles. The second-order valence-electron chi connectivity index (χ2n) is 2.89. The molecule has 0 N–H and O–H groups in total. The van der Waals surface area contributed by atoms with Crippen molar-refractivity contribution in [3.05, 3.63) is 29.8 Å². The van der Waals surface area contributed by atoms with Crippen LogP contribution in [0.2, 0.25) is 0 Å². The van der Waals surface area contributed by atoms with Gasteiger partial charge in [0.1, 0.15) is 0 Å². The molecule has 0 bridgehead atoms. The van der Waals surface area contributed by atoms with E-state index in [1.54, 1.807) is 11.8 Å². The van der Waals surface area contributed by atoms with Crippen LogP contribution >= 0.6 is 11.8 Å². The van der Waals surface area contributed by atoms with E-state index in [4.69, 9.17) is 0 Å². The van der Waals surface area contributed by atoms with Crippen LogP contribution < -0.4 is 0 Å². The van der Waals surface area contributed by atoms with E-state index >= 15 is 0 Å². The summed E-state index contributed by atoms with van der Waals surface area (Å²) < 4.78 is 0. The van der Waals surface area contributed by atoms with Gasteiger partial charge in [-0.25, -0.2) is 9.97 Å². The molecule has 2 rings (SSSR count). The first-order valence-corrected chi connectivity index (χ1v) is 5.30. The predicted molar refractivity (Wildman–Crippen MR) is 55.2 cm³/mol. The largest absolute Gasteiger partial charge is 0.221 e. The summed E-state index contributed by atoms with van der Waals surface area (Å²) >= 11 is 1.57. The number of aromatic nitrogens is 2. The Hall–Kier alpha value is -1.09. The molecule has 66 valence electrons. The van der Waals surface area contributed by atoms with E-state index in [9.17, 15) is 0 Å². The number of thioether (sulfide) groups is 1. The van der Waals surface area contributed by atoms with E-state index in [2.05, 4.69) is 29.0 Å². The Balaban J connectivity index is 2.60. The van der Waals surface area contributed by atoms with Crippen LogP contribution in [0.15, 0.2) is 29.4 Å². The third-order valence-corrected chi connectivity index (χ3v) is 2.43. The van der Waals surface area contributed by atoms with Crippen molar-refractivity contribution in [1.82, 2.24) is 9.97 Å². The first kappa shape index (κ1) is 8.51. The van der Waals surface area contributed by atoms with Gasteiger partial charge in [0.2, 0.25) is 0 Å². The first-order chi connectivity index (χ1) is 6.29. The second kappa shape index (κ2) is 3.34. The molecular weight excluding hydrogens is 180 g/mol. The maximum Gasteiger partial charge on any atom is 0.188 e. The summed E-state index contributed by atoms with van der Waals surface area (Å²) in [4.78, 5) is 8.73. The fourth-order valence-corrected chi connectivity index (χ4v) is 1.54. The average Bonchev–Trinajstić information content (AvgIpc) is 2.47. The van der Waals surface area contributed by atoms with Gasteiger partial charge in [-0.3, -0.25) is 0 Å².